The van der Waals surface area contributed by atoms with Crippen molar-refractivity contribution in [3.05, 3.63) is 35.5 Å². The van der Waals surface area contributed by atoms with Crippen LogP contribution >= 0.6 is 0 Å². The Morgan fingerprint density at radius 1 is 1.53 bits per heavy atom. The van der Waals surface area contributed by atoms with Gasteiger partial charge in [-0.1, -0.05) is 12.1 Å². The number of rotatable bonds is 4. The molecule has 0 unspecified atom stereocenters. The second-order valence-electron chi connectivity index (χ2n) is 4.25. The van der Waals surface area contributed by atoms with E-state index in [-0.39, 0.29) is 0 Å². The zero-order valence-corrected chi connectivity index (χ0v) is 9.95. The van der Waals surface area contributed by atoms with Gasteiger partial charge in [0.2, 0.25) is 0 Å². The van der Waals surface area contributed by atoms with E-state index in [1.54, 1.807) is 7.05 Å². The average Bonchev–Trinajstić information content (AvgIpc) is 2.67. The zero-order chi connectivity index (χ0) is 12.4. The number of likely N-dealkylation sites (N-methyl/N-ethyl adjacent to an activating group) is 1. The molecule has 0 saturated heterocycles. The predicted octanol–water partition coefficient (Wildman–Crippen LogP) is 1.69. The first-order chi connectivity index (χ1) is 8.11. The van der Waals surface area contributed by atoms with Crippen LogP contribution in [0.3, 0.4) is 0 Å². The summed E-state index contributed by atoms with van der Waals surface area (Å²) in [5, 5.41) is 12.9. The summed E-state index contributed by atoms with van der Waals surface area (Å²) in [4.78, 5) is 14.2. The standard InChI is InChI=1S/C13H16N2O2/c1-8-3-4-10-9(7-15-11(10)5-8)6-12(14-2)13(16)17/h3-5,7,12,14-15H,6H2,1-2H3,(H,16,17)/t12-/m0/s1. The largest absolute Gasteiger partial charge is 0.480 e. The van der Waals surface area contributed by atoms with Crippen molar-refractivity contribution in [3.63, 3.8) is 0 Å². The third-order valence-corrected chi connectivity index (χ3v) is 2.99. The highest BCUT2D eigenvalue weighted by atomic mass is 16.4. The molecule has 1 aromatic heterocycles. The first-order valence-electron chi connectivity index (χ1n) is 5.58. The van der Waals surface area contributed by atoms with Crippen LogP contribution in [0.4, 0.5) is 0 Å². The fourth-order valence-corrected chi connectivity index (χ4v) is 2.00. The molecule has 0 amide bonds. The van der Waals surface area contributed by atoms with Gasteiger partial charge in [0.1, 0.15) is 6.04 Å². The van der Waals surface area contributed by atoms with E-state index in [1.807, 2.05) is 25.3 Å². The molecule has 1 aromatic carbocycles. The van der Waals surface area contributed by atoms with Crippen molar-refractivity contribution in [2.75, 3.05) is 7.05 Å². The molecular weight excluding hydrogens is 216 g/mol. The molecule has 0 spiro atoms. The van der Waals surface area contributed by atoms with Crippen LogP contribution in [0.15, 0.2) is 24.4 Å². The number of carboxylic acids is 1. The second kappa shape index (κ2) is 4.59. The summed E-state index contributed by atoms with van der Waals surface area (Å²) in [6, 6.07) is 5.59. The van der Waals surface area contributed by atoms with Crippen LogP contribution < -0.4 is 5.32 Å². The van der Waals surface area contributed by atoms with Crippen LogP contribution in [-0.4, -0.2) is 29.1 Å². The SMILES string of the molecule is CN[C@@H](Cc1c[nH]c2cc(C)ccc12)C(=O)O. The molecule has 0 radical (unpaired) electrons. The average molecular weight is 232 g/mol. The molecule has 0 aliphatic carbocycles. The molecule has 2 rings (SSSR count). The molecule has 0 saturated carbocycles. The summed E-state index contributed by atoms with van der Waals surface area (Å²) < 4.78 is 0. The summed E-state index contributed by atoms with van der Waals surface area (Å²) in [5.74, 6) is -0.825. The maximum absolute atomic E-state index is 11.0. The molecule has 90 valence electrons. The van der Waals surface area contributed by atoms with E-state index in [4.69, 9.17) is 5.11 Å². The van der Waals surface area contributed by atoms with Crippen molar-refractivity contribution >= 4 is 16.9 Å². The minimum Gasteiger partial charge on any atom is -0.480 e. The number of aromatic nitrogens is 1. The number of benzene rings is 1. The minimum atomic E-state index is -0.825. The van der Waals surface area contributed by atoms with E-state index in [2.05, 4.69) is 16.4 Å². The molecular formula is C13H16N2O2. The van der Waals surface area contributed by atoms with E-state index < -0.39 is 12.0 Å². The number of carboxylic acid groups (broad SMARTS) is 1. The molecule has 0 aliphatic heterocycles. The predicted molar refractivity (Wildman–Crippen MR) is 67.2 cm³/mol. The molecule has 2 aromatic rings. The Balaban J connectivity index is 2.33. The van der Waals surface area contributed by atoms with Crippen molar-refractivity contribution < 1.29 is 9.90 Å². The lowest BCUT2D eigenvalue weighted by atomic mass is 10.0. The van der Waals surface area contributed by atoms with Gasteiger partial charge in [0.25, 0.3) is 0 Å². The fraction of sp³-hybridized carbons (Fsp3) is 0.308. The molecule has 4 heteroatoms. The Kier molecular flexibility index (Phi) is 3.15. The van der Waals surface area contributed by atoms with Crippen molar-refractivity contribution in [2.45, 2.75) is 19.4 Å². The highest BCUT2D eigenvalue weighted by Crippen LogP contribution is 2.20. The monoisotopic (exact) mass is 232 g/mol. The summed E-state index contributed by atoms with van der Waals surface area (Å²) in [7, 11) is 1.66. The molecule has 0 aliphatic rings. The Bertz CT molecular complexity index is 545. The smallest absolute Gasteiger partial charge is 0.321 e. The maximum Gasteiger partial charge on any atom is 0.321 e. The van der Waals surface area contributed by atoms with E-state index in [9.17, 15) is 4.79 Å². The number of H-pyrrole nitrogens is 1. The first-order valence-corrected chi connectivity index (χ1v) is 5.58. The van der Waals surface area contributed by atoms with E-state index in [0.717, 1.165) is 16.5 Å². The minimum absolute atomic E-state index is 0.481. The molecule has 4 nitrogen and oxygen atoms in total. The fourth-order valence-electron chi connectivity index (χ4n) is 2.00. The Hall–Kier alpha value is -1.81. The Morgan fingerprint density at radius 2 is 2.29 bits per heavy atom. The molecule has 0 fully saturated rings. The van der Waals surface area contributed by atoms with Crippen molar-refractivity contribution in [3.8, 4) is 0 Å². The van der Waals surface area contributed by atoms with Gasteiger partial charge in [-0.15, -0.1) is 0 Å². The highest BCUT2D eigenvalue weighted by Gasteiger charge is 2.17. The third-order valence-electron chi connectivity index (χ3n) is 2.99. The number of hydrogen-bond acceptors (Lipinski definition) is 2. The van der Waals surface area contributed by atoms with Gasteiger partial charge in [-0.25, -0.2) is 0 Å². The van der Waals surface area contributed by atoms with Gasteiger partial charge >= 0.3 is 5.97 Å². The number of nitrogens with one attached hydrogen (secondary N) is 2. The van der Waals surface area contributed by atoms with Crippen LogP contribution in [0.5, 0.6) is 0 Å². The summed E-state index contributed by atoms with van der Waals surface area (Å²) in [6.45, 7) is 2.04. The number of hydrogen-bond donors (Lipinski definition) is 3. The first kappa shape index (κ1) is 11.7. The van der Waals surface area contributed by atoms with Gasteiger partial charge < -0.3 is 15.4 Å². The van der Waals surface area contributed by atoms with Gasteiger partial charge in [0.05, 0.1) is 0 Å². The molecule has 1 atom stereocenters. The van der Waals surface area contributed by atoms with Crippen LogP contribution in [0.25, 0.3) is 10.9 Å². The van der Waals surface area contributed by atoms with Gasteiger partial charge in [-0.2, -0.15) is 0 Å². The van der Waals surface area contributed by atoms with Crippen LogP contribution in [0.1, 0.15) is 11.1 Å². The van der Waals surface area contributed by atoms with Crippen LogP contribution in [0.2, 0.25) is 0 Å². The second-order valence-corrected chi connectivity index (χ2v) is 4.25. The summed E-state index contributed by atoms with van der Waals surface area (Å²) >= 11 is 0. The number of aromatic amines is 1. The van der Waals surface area contributed by atoms with Crippen LogP contribution in [0, 0.1) is 6.92 Å². The van der Waals surface area contributed by atoms with E-state index in [0.29, 0.717) is 6.42 Å². The van der Waals surface area contributed by atoms with Crippen molar-refractivity contribution in [1.29, 1.82) is 0 Å². The van der Waals surface area contributed by atoms with E-state index in [1.165, 1.54) is 5.56 Å². The normalized spacial score (nSPS) is 12.8. The van der Waals surface area contributed by atoms with Crippen LogP contribution in [-0.2, 0) is 11.2 Å². The van der Waals surface area contributed by atoms with Gasteiger partial charge in [0.15, 0.2) is 0 Å². The number of aliphatic carboxylic acids is 1. The van der Waals surface area contributed by atoms with Gasteiger partial charge in [-0.3, -0.25) is 4.79 Å². The Morgan fingerprint density at radius 3 is 2.94 bits per heavy atom. The lowest BCUT2D eigenvalue weighted by Crippen LogP contribution is -2.35. The number of carbonyl (C=O) groups is 1. The maximum atomic E-state index is 11.0. The Labute approximate surface area is 99.7 Å². The molecule has 3 N–H and O–H groups in total. The number of aryl methyl sites for hydroxylation is 1. The summed E-state index contributed by atoms with van der Waals surface area (Å²) in [5.41, 5.74) is 3.27. The van der Waals surface area contributed by atoms with E-state index >= 15 is 0 Å². The topological polar surface area (TPSA) is 65.1 Å². The van der Waals surface area contributed by atoms with Crippen molar-refractivity contribution in [1.82, 2.24) is 10.3 Å². The molecule has 0 bridgehead atoms. The van der Waals surface area contributed by atoms with Gasteiger partial charge in [0, 0.05) is 23.5 Å². The molecule has 17 heavy (non-hydrogen) atoms. The lowest BCUT2D eigenvalue weighted by molar-refractivity contribution is -0.139. The number of fused-ring (bicyclic) bond motifs is 1. The summed E-state index contributed by atoms with van der Waals surface area (Å²) in [6.07, 6.45) is 2.37. The van der Waals surface area contributed by atoms with Gasteiger partial charge in [-0.05, 0) is 31.2 Å². The quantitative estimate of drug-likeness (QED) is 0.751. The molecule has 1 heterocycles. The van der Waals surface area contributed by atoms with Crippen molar-refractivity contribution in [2.24, 2.45) is 0 Å². The third kappa shape index (κ3) is 2.31. The lowest BCUT2D eigenvalue weighted by Gasteiger charge is -2.09. The highest BCUT2D eigenvalue weighted by molar-refractivity contribution is 5.85. The zero-order valence-electron chi connectivity index (χ0n) is 9.95.